The number of nitrogens with zero attached hydrogens (tertiary/aromatic N) is 1. The zero-order valence-electron chi connectivity index (χ0n) is 10.7. The van der Waals surface area contributed by atoms with Crippen molar-refractivity contribution in [3.8, 4) is 0 Å². The fourth-order valence-electron chi connectivity index (χ4n) is 1.84. The van der Waals surface area contributed by atoms with Gasteiger partial charge in [-0.2, -0.15) is 0 Å². The standard InChI is InChI=1S/C12H23N3OS/c1-3-11(12-14-7-8-17-12)15-10(9-16-2)5-4-6-13/h7-8,10-11,15H,3-6,9,13H2,1-2H3. The van der Waals surface area contributed by atoms with Gasteiger partial charge >= 0.3 is 0 Å². The molecule has 0 aromatic carbocycles. The molecular formula is C12H23N3OS. The Bertz CT molecular complexity index is 279. The molecule has 17 heavy (non-hydrogen) atoms. The number of hydrogen-bond donors (Lipinski definition) is 2. The van der Waals surface area contributed by atoms with Crippen LogP contribution in [0.25, 0.3) is 0 Å². The summed E-state index contributed by atoms with van der Waals surface area (Å²) in [5.74, 6) is 0. The Labute approximate surface area is 108 Å². The van der Waals surface area contributed by atoms with E-state index in [2.05, 4.69) is 17.2 Å². The first-order chi connectivity index (χ1) is 8.31. The van der Waals surface area contributed by atoms with Crippen LogP contribution < -0.4 is 11.1 Å². The van der Waals surface area contributed by atoms with Crippen LogP contribution in [0.15, 0.2) is 11.6 Å². The molecule has 0 bridgehead atoms. The molecule has 3 N–H and O–H groups in total. The third-order valence-electron chi connectivity index (χ3n) is 2.72. The minimum Gasteiger partial charge on any atom is -0.383 e. The van der Waals surface area contributed by atoms with Crippen LogP contribution in [0.4, 0.5) is 0 Å². The summed E-state index contributed by atoms with van der Waals surface area (Å²) >= 11 is 1.70. The lowest BCUT2D eigenvalue weighted by atomic mass is 10.1. The molecule has 1 aromatic rings. The van der Waals surface area contributed by atoms with Gasteiger partial charge in [-0.1, -0.05) is 6.92 Å². The molecule has 0 aliphatic rings. The second-order valence-corrected chi connectivity index (χ2v) is 5.01. The van der Waals surface area contributed by atoms with E-state index in [1.807, 2.05) is 11.6 Å². The van der Waals surface area contributed by atoms with Crippen molar-refractivity contribution < 1.29 is 4.74 Å². The number of nitrogens with two attached hydrogens (primary N) is 1. The summed E-state index contributed by atoms with van der Waals surface area (Å²) in [6.07, 6.45) is 4.97. The van der Waals surface area contributed by atoms with Crippen LogP contribution in [0.1, 0.15) is 37.2 Å². The lowest BCUT2D eigenvalue weighted by molar-refractivity contribution is 0.155. The topological polar surface area (TPSA) is 60.2 Å². The predicted molar refractivity (Wildman–Crippen MR) is 72.2 cm³/mol. The Balaban J connectivity index is 2.50. The molecule has 0 spiro atoms. The maximum Gasteiger partial charge on any atom is 0.109 e. The van der Waals surface area contributed by atoms with Crippen molar-refractivity contribution in [2.75, 3.05) is 20.3 Å². The van der Waals surface area contributed by atoms with Crippen LogP contribution >= 0.6 is 11.3 Å². The Morgan fingerprint density at radius 3 is 2.94 bits per heavy atom. The summed E-state index contributed by atoms with van der Waals surface area (Å²) in [5.41, 5.74) is 5.55. The van der Waals surface area contributed by atoms with Crippen LogP contribution in [0.2, 0.25) is 0 Å². The zero-order valence-corrected chi connectivity index (χ0v) is 11.5. The van der Waals surface area contributed by atoms with E-state index in [9.17, 15) is 0 Å². The summed E-state index contributed by atoms with van der Waals surface area (Å²) in [7, 11) is 1.74. The molecule has 1 rings (SSSR count). The fourth-order valence-corrected chi connectivity index (χ4v) is 2.62. The van der Waals surface area contributed by atoms with E-state index in [1.165, 1.54) is 0 Å². The van der Waals surface area contributed by atoms with Gasteiger partial charge in [0, 0.05) is 24.7 Å². The average Bonchev–Trinajstić information content (AvgIpc) is 2.86. The van der Waals surface area contributed by atoms with Crippen LogP contribution in [0, 0.1) is 0 Å². The fraction of sp³-hybridized carbons (Fsp3) is 0.750. The number of thiazole rings is 1. The number of aromatic nitrogens is 1. The summed E-state index contributed by atoms with van der Waals surface area (Å²) in [5, 5.41) is 6.78. The number of nitrogens with one attached hydrogen (secondary N) is 1. The van der Waals surface area contributed by atoms with Gasteiger partial charge < -0.3 is 15.8 Å². The molecule has 5 heteroatoms. The van der Waals surface area contributed by atoms with Crippen molar-refractivity contribution in [3.63, 3.8) is 0 Å². The Morgan fingerprint density at radius 1 is 1.59 bits per heavy atom. The normalized spacial score (nSPS) is 14.8. The van der Waals surface area contributed by atoms with Gasteiger partial charge in [0.05, 0.1) is 12.6 Å². The van der Waals surface area contributed by atoms with E-state index in [-0.39, 0.29) is 0 Å². The third-order valence-corrected chi connectivity index (χ3v) is 3.61. The average molecular weight is 257 g/mol. The largest absolute Gasteiger partial charge is 0.383 e. The molecule has 4 nitrogen and oxygen atoms in total. The second-order valence-electron chi connectivity index (χ2n) is 4.08. The SMILES string of the molecule is CCC(NC(CCCN)COC)c1nccs1. The quantitative estimate of drug-likeness (QED) is 0.710. The molecule has 0 saturated heterocycles. The number of methoxy groups -OCH3 is 1. The molecule has 0 fully saturated rings. The zero-order chi connectivity index (χ0) is 12.5. The molecule has 0 aliphatic heterocycles. The second kappa shape index (κ2) is 8.58. The monoisotopic (exact) mass is 257 g/mol. The molecule has 0 saturated carbocycles. The van der Waals surface area contributed by atoms with Crippen molar-refractivity contribution >= 4 is 11.3 Å². The highest BCUT2D eigenvalue weighted by Crippen LogP contribution is 2.20. The van der Waals surface area contributed by atoms with E-state index < -0.39 is 0 Å². The minimum absolute atomic E-state index is 0.327. The van der Waals surface area contributed by atoms with Crippen molar-refractivity contribution in [1.29, 1.82) is 0 Å². The number of rotatable bonds is 9. The number of ether oxygens (including phenoxy) is 1. The Kier molecular flexibility index (Phi) is 7.35. The van der Waals surface area contributed by atoms with Crippen molar-refractivity contribution in [3.05, 3.63) is 16.6 Å². The highest BCUT2D eigenvalue weighted by Gasteiger charge is 2.17. The van der Waals surface area contributed by atoms with Crippen molar-refractivity contribution in [2.45, 2.75) is 38.3 Å². The van der Waals surface area contributed by atoms with Crippen LogP contribution in [-0.2, 0) is 4.74 Å². The van der Waals surface area contributed by atoms with Gasteiger partial charge in [-0.3, -0.25) is 0 Å². The van der Waals surface area contributed by atoms with Gasteiger partial charge in [0.25, 0.3) is 0 Å². The first-order valence-electron chi connectivity index (χ1n) is 6.16. The van der Waals surface area contributed by atoms with Gasteiger partial charge in [0.2, 0.25) is 0 Å². The number of hydrogen-bond acceptors (Lipinski definition) is 5. The van der Waals surface area contributed by atoms with E-state index in [4.69, 9.17) is 10.5 Å². The first kappa shape index (κ1) is 14.6. The maximum absolute atomic E-state index is 5.55. The van der Waals surface area contributed by atoms with Gasteiger partial charge in [-0.05, 0) is 25.8 Å². The molecular weight excluding hydrogens is 234 g/mol. The minimum atomic E-state index is 0.327. The van der Waals surface area contributed by atoms with Gasteiger partial charge in [-0.15, -0.1) is 11.3 Å². The first-order valence-corrected chi connectivity index (χ1v) is 7.04. The molecule has 0 amide bonds. The Morgan fingerprint density at radius 2 is 2.41 bits per heavy atom. The smallest absolute Gasteiger partial charge is 0.109 e. The Hall–Kier alpha value is -0.490. The lowest BCUT2D eigenvalue weighted by Gasteiger charge is -2.23. The summed E-state index contributed by atoms with van der Waals surface area (Å²) < 4.78 is 5.24. The van der Waals surface area contributed by atoms with Gasteiger partial charge in [-0.25, -0.2) is 4.98 Å². The van der Waals surface area contributed by atoms with E-state index >= 15 is 0 Å². The van der Waals surface area contributed by atoms with E-state index in [0.29, 0.717) is 12.1 Å². The van der Waals surface area contributed by atoms with Crippen molar-refractivity contribution in [2.24, 2.45) is 5.73 Å². The molecule has 1 aromatic heterocycles. The lowest BCUT2D eigenvalue weighted by Crippen LogP contribution is -2.36. The summed E-state index contributed by atoms with van der Waals surface area (Å²) in [6.45, 7) is 3.63. The molecule has 98 valence electrons. The summed E-state index contributed by atoms with van der Waals surface area (Å²) in [6, 6.07) is 0.685. The molecule has 0 aliphatic carbocycles. The molecule has 2 atom stereocenters. The highest BCUT2D eigenvalue weighted by atomic mass is 32.1. The van der Waals surface area contributed by atoms with Crippen LogP contribution in [-0.4, -0.2) is 31.3 Å². The molecule has 2 unspecified atom stereocenters. The van der Waals surface area contributed by atoms with Crippen LogP contribution in [0.5, 0.6) is 0 Å². The van der Waals surface area contributed by atoms with E-state index in [0.717, 1.165) is 37.4 Å². The molecule has 0 radical (unpaired) electrons. The predicted octanol–water partition coefficient (Wildman–Crippen LogP) is 1.94. The third kappa shape index (κ3) is 5.12. The molecule has 1 heterocycles. The maximum atomic E-state index is 5.55. The van der Waals surface area contributed by atoms with Gasteiger partial charge in [0.1, 0.15) is 5.01 Å². The van der Waals surface area contributed by atoms with Crippen LogP contribution in [0.3, 0.4) is 0 Å². The van der Waals surface area contributed by atoms with Gasteiger partial charge in [0.15, 0.2) is 0 Å². The van der Waals surface area contributed by atoms with Crippen molar-refractivity contribution in [1.82, 2.24) is 10.3 Å². The highest BCUT2D eigenvalue weighted by molar-refractivity contribution is 7.09. The van der Waals surface area contributed by atoms with E-state index in [1.54, 1.807) is 18.4 Å². The summed E-state index contributed by atoms with van der Waals surface area (Å²) in [4.78, 5) is 4.37.